The van der Waals surface area contributed by atoms with E-state index < -0.39 is 6.03 Å². The molecule has 2 saturated heterocycles. The Balaban J connectivity index is 1.44. The number of hydrogen-bond acceptors (Lipinski definition) is 5. The van der Waals surface area contributed by atoms with Crippen molar-refractivity contribution in [2.75, 3.05) is 26.3 Å². The first kappa shape index (κ1) is 17.8. The fraction of sp³-hybridized carbons (Fsp3) is 0.556. The molecule has 1 atom stereocenters. The average molecular weight is 347 g/mol. The number of amides is 3. The van der Waals surface area contributed by atoms with Gasteiger partial charge in [-0.25, -0.2) is 4.79 Å². The van der Waals surface area contributed by atoms with Gasteiger partial charge in [0.25, 0.3) is 0 Å². The topological polar surface area (TPSA) is 79.9 Å². The standard InChI is InChI=1S/C18H25N3O4/c22-16(20-18(23)19-12-14-6-2-1-3-7-14)13-21-9-5-4-8-15(21)17-24-10-11-25-17/h1-3,6-7,15,17H,4-5,8-13H2,(H2,19,20,22,23)/t15-/m0/s1. The Hall–Kier alpha value is -1.96. The molecule has 3 amide bonds. The number of carbonyl (C=O) groups excluding carboxylic acids is 2. The van der Waals surface area contributed by atoms with Gasteiger partial charge < -0.3 is 14.8 Å². The van der Waals surface area contributed by atoms with Gasteiger partial charge in [-0.3, -0.25) is 15.0 Å². The fourth-order valence-electron chi connectivity index (χ4n) is 3.29. The van der Waals surface area contributed by atoms with E-state index >= 15 is 0 Å². The lowest BCUT2D eigenvalue weighted by Crippen LogP contribution is -2.52. The van der Waals surface area contributed by atoms with Crippen LogP contribution in [-0.4, -0.2) is 55.5 Å². The van der Waals surface area contributed by atoms with Crippen molar-refractivity contribution in [2.45, 2.75) is 38.1 Å². The number of nitrogens with one attached hydrogen (secondary N) is 2. The van der Waals surface area contributed by atoms with E-state index in [4.69, 9.17) is 9.47 Å². The Kier molecular flexibility index (Phi) is 6.38. The van der Waals surface area contributed by atoms with Gasteiger partial charge in [-0.05, 0) is 24.9 Å². The molecule has 0 radical (unpaired) electrons. The number of piperidine rings is 1. The molecule has 25 heavy (non-hydrogen) atoms. The lowest BCUT2D eigenvalue weighted by Gasteiger charge is -2.37. The van der Waals surface area contributed by atoms with Gasteiger partial charge in [0.2, 0.25) is 5.91 Å². The molecule has 1 aromatic rings. The molecule has 2 N–H and O–H groups in total. The highest BCUT2D eigenvalue weighted by Crippen LogP contribution is 2.23. The van der Waals surface area contributed by atoms with Crippen LogP contribution in [0.15, 0.2) is 30.3 Å². The minimum atomic E-state index is -0.476. The summed E-state index contributed by atoms with van der Waals surface area (Å²) in [6.45, 7) is 2.57. The van der Waals surface area contributed by atoms with E-state index in [0.717, 1.165) is 31.4 Å². The molecule has 7 nitrogen and oxygen atoms in total. The lowest BCUT2D eigenvalue weighted by atomic mass is 10.0. The van der Waals surface area contributed by atoms with Gasteiger partial charge in [0, 0.05) is 6.54 Å². The number of hydrogen-bond donors (Lipinski definition) is 2. The quantitative estimate of drug-likeness (QED) is 0.838. The molecule has 0 spiro atoms. The Morgan fingerprint density at radius 2 is 1.88 bits per heavy atom. The highest BCUT2D eigenvalue weighted by atomic mass is 16.7. The predicted octanol–water partition coefficient (Wildman–Crippen LogP) is 1.24. The second-order valence-corrected chi connectivity index (χ2v) is 6.36. The summed E-state index contributed by atoms with van der Waals surface area (Å²) in [5.74, 6) is -0.310. The van der Waals surface area contributed by atoms with E-state index in [2.05, 4.69) is 15.5 Å². The molecule has 136 valence electrons. The van der Waals surface area contributed by atoms with Crippen molar-refractivity contribution in [2.24, 2.45) is 0 Å². The fourth-order valence-corrected chi connectivity index (χ4v) is 3.29. The Bertz CT molecular complexity index is 575. The van der Waals surface area contributed by atoms with Gasteiger partial charge in [0.05, 0.1) is 25.8 Å². The SMILES string of the molecule is O=C(CN1CCCC[C@H]1C1OCCO1)NC(=O)NCc1ccccc1. The van der Waals surface area contributed by atoms with E-state index in [1.54, 1.807) is 0 Å². The first-order valence-electron chi connectivity index (χ1n) is 8.81. The van der Waals surface area contributed by atoms with Gasteiger partial charge in [0.1, 0.15) is 0 Å². The van der Waals surface area contributed by atoms with E-state index in [1.807, 2.05) is 30.3 Å². The third-order valence-electron chi connectivity index (χ3n) is 4.52. The number of rotatable bonds is 5. The van der Waals surface area contributed by atoms with Crippen LogP contribution in [0.1, 0.15) is 24.8 Å². The van der Waals surface area contributed by atoms with Crippen LogP contribution in [0.25, 0.3) is 0 Å². The number of ether oxygens (including phenoxy) is 2. The largest absolute Gasteiger partial charge is 0.349 e. The molecule has 0 aliphatic carbocycles. The van der Waals surface area contributed by atoms with Crippen LogP contribution in [0.3, 0.4) is 0 Å². The molecular weight excluding hydrogens is 322 g/mol. The molecule has 2 aliphatic rings. The zero-order chi connectivity index (χ0) is 17.5. The predicted molar refractivity (Wildman–Crippen MR) is 91.7 cm³/mol. The van der Waals surface area contributed by atoms with E-state index in [0.29, 0.717) is 19.8 Å². The lowest BCUT2D eigenvalue weighted by molar-refractivity contribution is -0.130. The second-order valence-electron chi connectivity index (χ2n) is 6.36. The first-order valence-corrected chi connectivity index (χ1v) is 8.81. The second kappa shape index (κ2) is 8.94. The van der Waals surface area contributed by atoms with Gasteiger partial charge in [-0.2, -0.15) is 0 Å². The molecule has 3 rings (SSSR count). The molecule has 2 fully saturated rings. The summed E-state index contributed by atoms with van der Waals surface area (Å²) in [4.78, 5) is 26.1. The van der Waals surface area contributed by atoms with Crippen LogP contribution in [0.2, 0.25) is 0 Å². The molecule has 0 saturated carbocycles. The van der Waals surface area contributed by atoms with Gasteiger partial charge in [0.15, 0.2) is 6.29 Å². The Morgan fingerprint density at radius 1 is 1.12 bits per heavy atom. The van der Waals surface area contributed by atoms with Crippen molar-refractivity contribution in [3.8, 4) is 0 Å². The number of carbonyl (C=O) groups is 2. The highest BCUT2D eigenvalue weighted by molar-refractivity contribution is 5.95. The Morgan fingerprint density at radius 3 is 2.64 bits per heavy atom. The van der Waals surface area contributed by atoms with E-state index in [9.17, 15) is 9.59 Å². The van der Waals surface area contributed by atoms with E-state index in [1.165, 1.54) is 0 Å². The molecule has 0 bridgehead atoms. The zero-order valence-electron chi connectivity index (χ0n) is 14.3. The van der Waals surface area contributed by atoms with Crippen LogP contribution in [0.5, 0.6) is 0 Å². The number of nitrogens with zero attached hydrogens (tertiary/aromatic N) is 1. The number of benzene rings is 1. The van der Waals surface area contributed by atoms with Crippen LogP contribution in [0, 0.1) is 0 Å². The van der Waals surface area contributed by atoms with Crippen LogP contribution in [-0.2, 0) is 20.8 Å². The molecular formula is C18H25N3O4. The maximum absolute atomic E-state index is 12.2. The zero-order valence-corrected chi connectivity index (χ0v) is 14.3. The maximum atomic E-state index is 12.2. The van der Waals surface area contributed by atoms with Gasteiger partial charge in [-0.1, -0.05) is 36.8 Å². The molecule has 0 unspecified atom stereocenters. The van der Waals surface area contributed by atoms with Gasteiger partial charge >= 0.3 is 6.03 Å². The van der Waals surface area contributed by atoms with Crippen molar-refractivity contribution >= 4 is 11.9 Å². The van der Waals surface area contributed by atoms with Crippen LogP contribution in [0.4, 0.5) is 4.79 Å². The molecule has 1 aromatic carbocycles. The Labute approximate surface area is 147 Å². The summed E-state index contributed by atoms with van der Waals surface area (Å²) in [5, 5.41) is 5.09. The average Bonchev–Trinajstić information content (AvgIpc) is 3.16. The normalized spacial score (nSPS) is 21.8. The first-order chi connectivity index (χ1) is 12.2. The van der Waals surface area contributed by atoms with Crippen molar-refractivity contribution in [3.63, 3.8) is 0 Å². The maximum Gasteiger partial charge on any atom is 0.321 e. The van der Waals surface area contributed by atoms with Gasteiger partial charge in [-0.15, -0.1) is 0 Å². The minimum absolute atomic E-state index is 0.0781. The minimum Gasteiger partial charge on any atom is -0.349 e. The molecule has 2 heterocycles. The summed E-state index contributed by atoms with van der Waals surface area (Å²) in [6, 6.07) is 9.17. The molecule has 2 aliphatic heterocycles. The van der Waals surface area contributed by atoms with E-state index in [-0.39, 0.29) is 24.8 Å². The highest BCUT2D eigenvalue weighted by Gasteiger charge is 2.34. The monoisotopic (exact) mass is 347 g/mol. The van der Waals surface area contributed by atoms with Crippen molar-refractivity contribution < 1.29 is 19.1 Å². The summed E-state index contributed by atoms with van der Waals surface area (Å²) < 4.78 is 11.2. The smallest absolute Gasteiger partial charge is 0.321 e. The summed E-state index contributed by atoms with van der Waals surface area (Å²) in [6.07, 6.45) is 2.82. The van der Waals surface area contributed by atoms with Crippen LogP contribution >= 0.6 is 0 Å². The number of likely N-dealkylation sites (tertiary alicyclic amines) is 1. The summed E-state index contributed by atoms with van der Waals surface area (Å²) >= 11 is 0. The number of imide groups is 1. The third-order valence-corrected chi connectivity index (χ3v) is 4.52. The van der Waals surface area contributed by atoms with Crippen molar-refractivity contribution in [1.29, 1.82) is 0 Å². The molecule has 0 aromatic heterocycles. The number of urea groups is 1. The van der Waals surface area contributed by atoms with Crippen LogP contribution < -0.4 is 10.6 Å². The van der Waals surface area contributed by atoms with Crippen molar-refractivity contribution in [3.05, 3.63) is 35.9 Å². The third kappa shape index (κ3) is 5.26. The van der Waals surface area contributed by atoms with Crippen molar-refractivity contribution in [1.82, 2.24) is 15.5 Å². The molecule has 7 heteroatoms. The summed E-state index contributed by atoms with van der Waals surface area (Å²) in [5.41, 5.74) is 0.983. The summed E-state index contributed by atoms with van der Waals surface area (Å²) in [7, 11) is 0.